The second-order valence-corrected chi connectivity index (χ2v) is 5.35. The molecule has 1 rings (SSSR count). The van der Waals surface area contributed by atoms with Crippen LogP contribution < -0.4 is 0 Å². The normalized spacial score (nSPS) is 39.5. The zero-order valence-electron chi connectivity index (χ0n) is 8.01. The van der Waals surface area contributed by atoms with Gasteiger partial charge in [0, 0.05) is 0 Å². The minimum atomic E-state index is 0.875. The molecule has 0 aliphatic heterocycles. The highest BCUT2D eigenvalue weighted by Crippen LogP contribution is 2.37. The van der Waals surface area contributed by atoms with E-state index in [0.29, 0.717) is 0 Å². The summed E-state index contributed by atoms with van der Waals surface area (Å²) in [5, 5.41) is 0. The standard InChI is InChI=1S/C10H21P/c1-7(2)9-6-8(3)4-5-10(9)11/h7-10H,4-6,11H2,1-3H3. The Bertz CT molecular complexity index is 120. The van der Waals surface area contributed by atoms with Crippen molar-refractivity contribution in [2.75, 3.05) is 0 Å². The van der Waals surface area contributed by atoms with Crippen LogP contribution in [0.4, 0.5) is 0 Å². The molecule has 4 atom stereocenters. The zero-order chi connectivity index (χ0) is 8.43. The fourth-order valence-corrected chi connectivity index (χ4v) is 3.01. The molecular formula is C10H21P. The Labute approximate surface area is 73.3 Å². The molecule has 0 spiro atoms. The summed E-state index contributed by atoms with van der Waals surface area (Å²) in [6.45, 7) is 7.12. The van der Waals surface area contributed by atoms with E-state index in [0.717, 1.165) is 23.4 Å². The molecule has 0 amide bonds. The van der Waals surface area contributed by atoms with E-state index in [-0.39, 0.29) is 0 Å². The van der Waals surface area contributed by atoms with Crippen molar-refractivity contribution in [2.45, 2.75) is 45.7 Å². The summed E-state index contributed by atoms with van der Waals surface area (Å²) in [6.07, 6.45) is 4.32. The van der Waals surface area contributed by atoms with Crippen molar-refractivity contribution in [3.8, 4) is 0 Å². The molecule has 1 aliphatic carbocycles. The zero-order valence-corrected chi connectivity index (χ0v) is 9.16. The van der Waals surface area contributed by atoms with E-state index >= 15 is 0 Å². The van der Waals surface area contributed by atoms with E-state index < -0.39 is 0 Å². The third kappa shape index (κ3) is 2.44. The molecule has 0 heterocycles. The first-order valence-corrected chi connectivity index (χ1v) is 5.53. The lowest BCUT2D eigenvalue weighted by Gasteiger charge is -2.35. The van der Waals surface area contributed by atoms with E-state index in [2.05, 4.69) is 30.0 Å². The summed E-state index contributed by atoms with van der Waals surface area (Å²) in [5.41, 5.74) is 0.895. The Kier molecular flexibility index (Phi) is 3.37. The van der Waals surface area contributed by atoms with Gasteiger partial charge in [0.05, 0.1) is 0 Å². The maximum Gasteiger partial charge on any atom is -0.0233 e. The van der Waals surface area contributed by atoms with Crippen molar-refractivity contribution < 1.29 is 0 Å². The minimum absolute atomic E-state index is 0.875. The smallest absolute Gasteiger partial charge is 0.0233 e. The summed E-state index contributed by atoms with van der Waals surface area (Å²) < 4.78 is 0. The summed E-state index contributed by atoms with van der Waals surface area (Å²) in [7, 11) is 3.03. The van der Waals surface area contributed by atoms with Gasteiger partial charge in [-0.1, -0.05) is 27.2 Å². The molecule has 0 N–H and O–H groups in total. The van der Waals surface area contributed by atoms with Crippen LogP contribution in [0.15, 0.2) is 0 Å². The highest BCUT2D eigenvalue weighted by molar-refractivity contribution is 7.17. The Balaban J connectivity index is 2.47. The van der Waals surface area contributed by atoms with Crippen LogP contribution in [-0.2, 0) is 0 Å². The van der Waals surface area contributed by atoms with Crippen LogP contribution in [0.2, 0.25) is 0 Å². The van der Waals surface area contributed by atoms with Gasteiger partial charge in [-0.2, -0.15) is 0 Å². The van der Waals surface area contributed by atoms with Gasteiger partial charge >= 0.3 is 0 Å². The van der Waals surface area contributed by atoms with Crippen molar-refractivity contribution in [3.05, 3.63) is 0 Å². The lowest BCUT2D eigenvalue weighted by molar-refractivity contribution is 0.234. The second-order valence-electron chi connectivity index (χ2n) is 4.49. The van der Waals surface area contributed by atoms with Gasteiger partial charge in [-0.05, 0) is 36.3 Å². The molecule has 66 valence electrons. The molecule has 0 aromatic heterocycles. The molecule has 0 aromatic carbocycles. The molecule has 0 aromatic rings. The van der Waals surface area contributed by atoms with Crippen molar-refractivity contribution in [1.29, 1.82) is 0 Å². The second kappa shape index (κ2) is 3.90. The number of rotatable bonds is 1. The first-order valence-electron chi connectivity index (χ1n) is 4.87. The molecule has 4 unspecified atom stereocenters. The largest absolute Gasteiger partial charge is 0.134 e. The van der Waals surface area contributed by atoms with E-state index in [1.165, 1.54) is 19.3 Å². The van der Waals surface area contributed by atoms with E-state index in [1.807, 2.05) is 0 Å². The van der Waals surface area contributed by atoms with E-state index in [9.17, 15) is 0 Å². The van der Waals surface area contributed by atoms with Gasteiger partial charge in [0.25, 0.3) is 0 Å². The topological polar surface area (TPSA) is 0 Å². The fourth-order valence-electron chi connectivity index (χ4n) is 2.21. The summed E-state index contributed by atoms with van der Waals surface area (Å²) in [4.78, 5) is 0. The SMILES string of the molecule is CC1CCC(P)C(C(C)C)C1. The molecule has 1 saturated carbocycles. The molecule has 0 saturated heterocycles. The third-order valence-electron chi connectivity index (χ3n) is 3.07. The Morgan fingerprint density at radius 1 is 1.27 bits per heavy atom. The van der Waals surface area contributed by atoms with E-state index in [1.54, 1.807) is 0 Å². The molecule has 1 heteroatoms. The Morgan fingerprint density at radius 3 is 2.36 bits per heavy atom. The molecule has 11 heavy (non-hydrogen) atoms. The van der Waals surface area contributed by atoms with Crippen LogP contribution in [-0.4, -0.2) is 5.66 Å². The predicted molar refractivity (Wildman–Crippen MR) is 54.8 cm³/mol. The van der Waals surface area contributed by atoms with Crippen LogP contribution in [0.3, 0.4) is 0 Å². The number of hydrogen-bond donors (Lipinski definition) is 0. The average molecular weight is 172 g/mol. The first kappa shape index (κ1) is 9.52. The summed E-state index contributed by atoms with van der Waals surface area (Å²) in [5.74, 6) is 2.81. The van der Waals surface area contributed by atoms with Crippen molar-refractivity contribution in [3.63, 3.8) is 0 Å². The van der Waals surface area contributed by atoms with Gasteiger partial charge in [0.1, 0.15) is 0 Å². The third-order valence-corrected chi connectivity index (χ3v) is 3.90. The van der Waals surface area contributed by atoms with Crippen molar-refractivity contribution in [1.82, 2.24) is 0 Å². The van der Waals surface area contributed by atoms with Crippen LogP contribution in [0.25, 0.3) is 0 Å². The van der Waals surface area contributed by atoms with Gasteiger partial charge in [-0.15, -0.1) is 9.24 Å². The van der Waals surface area contributed by atoms with Gasteiger partial charge in [0.15, 0.2) is 0 Å². The molecule has 0 nitrogen and oxygen atoms in total. The number of hydrogen-bond acceptors (Lipinski definition) is 0. The maximum atomic E-state index is 3.03. The minimum Gasteiger partial charge on any atom is -0.134 e. The Morgan fingerprint density at radius 2 is 1.91 bits per heavy atom. The molecule has 0 bridgehead atoms. The highest BCUT2D eigenvalue weighted by atomic mass is 31.0. The van der Waals surface area contributed by atoms with Crippen LogP contribution >= 0.6 is 9.24 Å². The van der Waals surface area contributed by atoms with E-state index in [4.69, 9.17) is 0 Å². The van der Waals surface area contributed by atoms with Crippen LogP contribution in [0.5, 0.6) is 0 Å². The lowest BCUT2D eigenvalue weighted by atomic mass is 9.76. The van der Waals surface area contributed by atoms with Gasteiger partial charge in [0.2, 0.25) is 0 Å². The van der Waals surface area contributed by atoms with Gasteiger partial charge in [-0.3, -0.25) is 0 Å². The lowest BCUT2D eigenvalue weighted by Crippen LogP contribution is -2.27. The summed E-state index contributed by atoms with van der Waals surface area (Å²) in [6, 6.07) is 0. The molecule has 1 fully saturated rings. The monoisotopic (exact) mass is 172 g/mol. The molecule has 0 radical (unpaired) electrons. The molecule has 1 aliphatic rings. The Hall–Kier alpha value is 0.430. The van der Waals surface area contributed by atoms with Crippen molar-refractivity contribution >= 4 is 9.24 Å². The first-order chi connectivity index (χ1) is 5.11. The fraction of sp³-hybridized carbons (Fsp3) is 1.00. The van der Waals surface area contributed by atoms with Gasteiger partial charge < -0.3 is 0 Å². The average Bonchev–Trinajstić information content (AvgIpc) is 1.94. The summed E-state index contributed by atoms with van der Waals surface area (Å²) >= 11 is 0. The predicted octanol–water partition coefficient (Wildman–Crippen LogP) is 3.32. The molecular weight excluding hydrogens is 151 g/mol. The quantitative estimate of drug-likeness (QED) is 0.532. The maximum absolute atomic E-state index is 3.03. The highest BCUT2D eigenvalue weighted by Gasteiger charge is 2.27. The van der Waals surface area contributed by atoms with Crippen LogP contribution in [0.1, 0.15) is 40.0 Å². The van der Waals surface area contributed by atoms with Crippen molar-refractivity contribution in [2.24, 2.45) is 17.8 Å². The van der Waals surface area contributed by atoms with Gasteiger partial charge in [-0.25, -0.2) is 0 Å². The van der Waals surface area contributed by atoms with Crippen LogP contribution in [0, 0.1) is 17.8 Å².